The van der Waals surface area contributed by atoms with Crippen molar-refractivity contribution >= 4 is 11.9 Å². The van der Waals surface area contributed by atoms with Crippen molar-refractivity contribution in [1.29, 1.82) is 0 Å². The molecule has 0 aromatic rings. The highest BCUT2D eigenvalue weighted by Gasteiger charge is 2.43. The molecule has 0 heterocycles. The van der Waals surface area contributed by atoms with Crippen LogP contribution in [0, 0.1) is 28.6 Å². The summed E-state index contributed by atoms with van der Waals surface area (Å²) in [6.45, 7) is 20.7. The zero-order valence-corrected chi connectivity index (χ0v) is 29.2. The van der Waals surface area contributed by atoms with E-state index in [0.29, 0.717) is 12.3 Å². The van der Waals surface area contributed by atoms with Gasteiger partial charge < -0.3 is 14.4 Å². The van der Waals surface area contributed by atoms with Crippen LogP contribution >= 0.6 is 0 Å². The highest BCUT2D eigenvalue weighted by molar-refractivity contribution is 5.71. The van der Waals surface area contributed by atoms with Gasteiger partial charge in [0.2, 0.25) is 0 Å². The Morgan fingerprint density at radius 1 is 0.780 bits per heavy atom. The third-order valence-corrected chi connectivity index (χ3v) is 9.17. The van der Waals surface area contributed by atoms with Gasteiger partial charge in [-0.15, -0.1) is 0 Å². The summed E-state index contributed by atoms with van der Waals surface area (Å²) in [6, 6.07) is 0. The van der Waals surface area contributed by atoms with E-state index in [0.717, 1.165) is 31.7 Å². The number of carbonyl (C=O) groups is 2. The highest BCUT2D eigenvalue weighted by Crippen LogP contribution is 2.45. The Bertz CT molecular complexity index is 725. The average Bonchev–Trinajstić information content (AvgIpc) is 2.88. The molecule has 0 fully saturated rings. The van der Waals surface area contributed by atoms with Gasteiger partial charge in [0.25, 0.3) is 0 Å². The third-order valence-electron chi connectivity index (χ3n) is 9.17. The molecule has 0 aromatic carbocycles. The van der Waals surface area contributed by atoms with Gasteiger partial charge >= 0.3 is 11.9 Å². The minimum absolute atomic E-state index is 0.101. The number of rotatable bonds is 24. The van der Waals surface area contributed by atoms with Gasteiger partial charge in [-0.3, -0.25) is 9.59 Å². The predicted molar refractivity (Wildman–Crippen MR) is 175 cm³/mol. The summed E-state index contributed by atoms with van der Waals surface area (Å²) < 4.78 is 11.6. The second kappa shape index (κ2) is 21.3. The molecule has 3 unspecified atom stereocenters. The third kappa shape index (κ3) is 18.0. The van der Waals surface area contributed by atoms with E-state index in [2.05, 4.69) is 59.4 Å². The minimum Gasteiger partial charge on any atom is -0.462 e. The zero-order valence-electron chi connectivity index (χ0n) is 29.2. The average molecular weight is 580 g/mol. The predicted octanol–water partition coefficient (Wildman–Crippen LogP) is 9.63. The Kier molecular flexibility index (Phi) is 20.6. The van der Waals surface area contributed by atoms with Crippen molar-refractivity contribution in [2.75, 3.05) is 27.2 Å². The monoisotopic (exact) mass is 580 g/mol. The van der Waals surface area contributed by atoms with E-state index in [9.17, 15) is 9.59 Å². The number of esters is 2. The van der Waals surface area contributed by atoms with Gasteiger partial charge in [0, 0.05) is 11.8 Å². The Morgan fingerprint density at radius 2 is 1.37 bits per heavy atom. The fourth-order valence-electron chi connectivity index (χ4n) is 5.23. The van der Waals surface area contributed by atoms with Crippen LogP contribution in [-0.2, 0) is 19.1 Å². The molecule has 0 rings (SSSR count). The number of carbonyl (C=O) groups excluding carboxylic acids is 2. The van der Waals surface area contributed by atoms with Gasteiger partial charge in [0.1, 0.15) is 12.7 Å². The molecule has 0 amide bonds. The molecule has 0 saturated heterocycles. The topological polar surface area (TPSA) is 55.8 Å². The lowest BCUT2D eigenvalue weighted by Crippen LogP contribution is -2.44. The smallest absolute Gasteiger partial charge is 0.308 e. The van der Waals surface area contributed by atoms with Crippen molar-refractivity contribution in [3.8, 4) is 0 Å². The Hall–Kier alpha value is -1.36. The molecule has 0 bridgehead atoms. The van der Waals surface area contributed by atoms with Crippen molar-refractivity contribution in [1.82, 2.24) is 4.90 Å². The number of ether oxygens (including phenoxy) is 2. The summed E-state index contributed by atoms with van der Waals surface area (Å²) in [7, 11) is 4.06. The van der Waals surface area contributed by atoms with Crippen LogP contribution in [0.15, 0.2) is 12.2 Å². The van der Waals surface area contributed by atoms with Gasteiger partial charge in [0.05, 0.1) is 5.92 Å². The van der Waals surface area contributed by atoms with E-state index in [-0.39, 0.29) is 41.4 Å². The fraction of sp³-hybridized carbons (Fsp3) is 0.889. The van der Waals surface area contributed by atoms with Crippen molar-refractivity contribution in [3.05, 3.63) is 12.2 Å². The fourth-order valence-corrected chi connectivity index (χ4v) is 5.23. The molecule has 3 atom stereocenters. The molecule has 5 nitrogen and oxygen atoms in total. The Labute approximate surface area is 255 Å². The van der Waals surface area contributed by atoms with Crippen LogP contribution in [0.2, 0.25) is 0 Å². The molecule has 0 saturated carbocycles. The van der Waals surface area contributed by atoms with Crippen LogP contribution in [0.25, 0.3) is 0 Å². The molecule has 0 aliphatic carbocycles. The van der Waals surface area contributed by atoms with Gasteiger partial charge in [-0.1, -0.05) is 132 Å². The van der Waals surface area contributed by atoms with E-state index in [4.69, 9.17) is 9.47 Å². The molecule has 5 heteroatoms. The highest BCUT2D eigenvalue weighted by atomic mass is 16.5. The lowest BCUT2D eigenvalue weighted by atomic mass is 9.63. The first-order valence-electron chi connectivity index (χ1n) is 16.8. The van der Waals surface area contributed by atoms with Crippen molar-refractivity contribution in [3.63, 3.8) is 0 Å². The van der Waals surface area contributed by atoms with Gasteiger partial charge in [-0.25, -0.2) is 0 Å². The number of nitrogens with zero attached hydrogens (tertiary/aromatic N) is 1. The maximum absolute atomic E-state index is 12.9. The maximum Gasteiger partial charge on any atom is 0.308 e. The molecular formula is C36H69NO4. The van der Waals surface area contributed by atoms with E-state index in [1.807, 2.05) is 34.0 Å². The van der Waals surface area contributed by atoms with Crippen LogP contribution in [0.3, 0.4) is 0 Å². The molecule has 41 heavy (non-hydrogen) atoms. The standard InChI is InChI=1S/C36H69NO4/c1-12-13-14-15-16-20-30(4)21-17-22-31(5)24-25-32(41-33(38)23-18-27-37(10)11)36(8,9)35(6,7)26-19-28-40-34(39)29(2)3/h19,26,29-32H,12-18,20-25,27-28H2,1-11H3/b26-19-. The molecule has 0 radical (unpaired) electrons. The minimum atomic E-state index is -0.297. The van der Waals surface area contributed by atoms with E-state index >= 15 is 0 Å². The maximum atomic E-state index is 12.9. The van der Waals surface area contributed by atoms with Crippen LogP contribution in [-0.4, -0.2) is 50.2 Å². The zero-order chi connectivity index (χ0) is 31.5. The van der Waals surface area contributed by atoms with Crippen molar-refractivity contribution < 1.29 is 19.1 Å². The summed E-state index contributed by atoms with van der Waals surface area (Å²) >= 11 is 0. The summed E-state index contributed by atoms with van der Waals surface area (Å²) in [5, 5.41) is 0. The Balaban J connectivity index is 5.13. The number of unbranched alkanes of at least 4 members (excludes halogenated alkanes) is 4. The van der Waals surface area contributed by atoms with E-state index in [1.165, 1.54) is 57.8 Å². The van der Waals surface area contributed by atoms with Crippen LogP contribution in [0.5, 0.6) is 0 Å². The number of hydrogen-bond donors (Lipinski definition) is 0. The SMILES string of the molecule is CCCCCCCC(C)CCCC(C)CCC(OC(=O)CCCN(C)C)C(C)(C)C(C)(C)/C=C\COC(=O)C(C)C. The Morgan fingerprint density at radius 3 is 1.95 bits per heavy atom. The summed E-state index contributed by atoms with van der Waals surface area (Å²) in [6.07, 6.45) is 19.0. The van der Waals surface area contributed by atoms with Crippen molar-refractivity contribution in [2.45, 2.75) is 152 Å². The molecule has 0 N–H and O–H groups in total. The lowest BCUT2D eigenvalue weighted by Gasteiger charge is -2.45. The molecular weight excluding hydrogens is 510 g/mol. The molecule has 242 valence electrons. The van der Waals surface area contributed by atoms with Crippen LogP contribution in [0.4, 0.5) is 0 Å². The molecule has 0 aromatic heterocycles. The second-order valence-corrected chi connectivity index (χ2v) is 14.4. The van der Waals surface area contributed by atoms with Crippen molar-refractivity contribution in [2.24, 2.45) is 28.6 Å². The second-order valence-electron chi connectivity index (χ2n) is 14.4. The van der Waals surface area contributed by atoms with Gasteiger partial charge in [-0.05, 0) is 57.2 Å². The summed E-state index contributed by atoms with van der Waals surface area (Å²) in [5.74, 6) is 0.991. The first-order chi connectivity index (χ1) is 19.1. The number of hydrogen-bond acceptors (Lipinski definition) is 5. The first kappa shape index (κ1) is 39.6. The molecule has 0 spiro atoms. The molecule has 0 aliphatic heterocycles. The van der Waals surface area contributed by atoms with Crippen LogP contribution < -0.4 is 0 Å². The van der Waals surface area contributed by atoms with Gasteiger partial charge in [0.15, 0.2) is 0 Å². The summed E-state index contributed by atoms with van der Waals surface area (Å²) in [4.78, 5) is 26.9. The summed E-state index contributed by atoms with van der Waals surface area (Å²) in [5.41, 5.74) is -0.559. The first-order valence-corrected chi connectivity index (χ1v) is 16.8. The number of allylic oxidation sites excluding steroid dienone is 1. The van der Waals surface area contributed by atoms with E-state index < -0.39 is 0 Å². The van der Waals surface area contributed by atoms with E-state index in [1.54, 1.807) is 0 Å². The largest absolute Gasteiger partial charge is 0.462 e. The van der Waals surface area contributed by atoms with Gasteiger partial charge in [-0.2, -0.15) is 0 Å². The molecule has 0 aliphatic rings. The van der Waals surface area contributed by atoms with Crippen LogP contribution in [0.1, 0.15) is 146 Å². The quantitative estimate of drug-likeness (QED) is 0.0647. The lowest BCUT2D eigenvalue weighted by molar-refractivity contribution is -0.160. The normalized spacial score (nSPS) is 15.0.